The Kier molecular flexibility index (Phi) is 2.99. The number of hydrogen-bond acceptors (Lipinski definition) is 3. The number of nitrogens with two attached hydrogens (primary N) is 1. The van der Waals surface area contributed by atoms with Crippen molar-refractivity contribution in [3.63, 3.8) is 0 Å². The second-order valence-corrected chi connectivity index (χ2v) is 3.10. The lowest BCUT2D eigenvalue weighted by Crippen LogP contribution is -2.08. The van der Waals surface area contributed by atoms with E-state index in [0.29, 0.717) is 0 Å². The van der Waals surface area contributed by atoms with Crippen LogP contribution >= 0.6 is 12.0 Å². The summed E-state index contributed by atoms with van der Waals surface area (Å²) in [6.07, 6.45) is -0.777. The topological polar surface area (TPSA) is 52.3 Å². The molecule has 0 aromatic heterocycles. The molecular formula is C8H9NO2S. The van der Waals surface area contributed by atoms with Gasteiger partial charge in [-0.3, -0.25) is 0 Å². The summed E-state index contributed by atoms with van der Waals surface area (Å²) in [5.74, 6) is 0. The van der Waals surface area contributed by atoms with E-state index in [1.165, 1.54) is 5.56 Å². The van der Waals surface area contributed by atoms with Crippen LogP contribution in [0, 0.1) is 6.92 Å². The van der Waals surface area contributed by atoms with Gasteiger partial charge in [0, 0.05) is 4.90 Å². The third kappa shape index (κ3) is 2.84. The molecule has 0 spiro atoms. The Hall–Kier alpha value is -1.16. The van der Waals surface area contributed by atoms with Crippen LogP contribution in [0.15, 0.2) is 29.2 Å². The van der Waals surface area contributed by atoms with E-state index in [2.05, 4.69) is 4.18 Å². The Morgan fingerprint density at radius 2 is 2.00 bits per heavy atom. The lowest BCUT2D eigenvalue weighted by Gasteiger charge is -1.98. The summed E-state index contributed by atoms with van der Waals surface area (Å²) in [7, 11) is 0. The van der Waals surface area contributed by atoms with Crippen molar-refractivity contribution in [1.82, 2.24) is 0 Å². The molecule has 0 saturated heterocycles. The molecule has 0 aliphatic rings. The molecule has 0 aliphatic heterocycles. The fraction of sp³-hybridized carbons (Fsp3) is 0.125. The maximum Gasteiger partial charge on any atom is 0.417 e. The molecule has 0 saturated carbocycles. The van der Waals surface area contributed by atoms with Crippen molar-refractivity contribution in [1.29, 1.82) is 0 Å². The molecule has 1 amide bonds. The second kappa shape index (κ2) is 4.01. The molecule has 0 bridgehead atoms. The molecule has 2 N–H and O–H groups in total. The predicted molar refractivity (Wildman–Crippen MR) is 47.7 cm³/mol. The number of primary amides is 1. The van der Waals surface area contributed by atoms with Gasteiger partial charge in [-0.2, -0.15) is 0 Å². The summed E-state index contributed by atoms with van der Waals surface area (Å²) >= 11 is 0.963. The molecule has 1 aromatic rings. The predicted octanol–water partition coefficient (Wildman–Crippen LogP) is 2.10. The lowest BCUT2D eigenvalue weighted by atomic mass is 10.2. The SMILES string of the molecule is Cc1ccc(SOC(N)=O)cc1. The molecule has 1 rings (SSSR count). The van der Waals surface area contributed by atoms with Crippen LogP contribution in [0.5, 0.6) is 0 Å². The summed E-state index contributed by atoms with van der Waals surface area (Å²) in [5, 5.41) is 0. The maximum absolute atomic E-state index is 10.2. The number of amides is 1. The number of carbonyl (C=O) groups is 1. The first-order valence-corrected chi connectivity index (χ1v) is 4.13. The van der Waals surface area contributed by atoms with E-state index in [1.807, 2.05) is 31.2 Å². The van der Waals surface area contributed by atoms with Gasteiger partial charge in [0.2, 0.25) is 0 Å². The molecule has 12 heavy (non-hydrogen) atoms. The molecule has 0 radical (unpaired) electrons. The van der Waals surface area contributed by atoms with E-state index >= 15 is 0 Å². The molecule has 0 atom stereocenters. The fourth-order valence-electron chi connectivity index (χ4n) is 0.683. The minimum absolute atomic E-state index is 0.777. The first-order chi connectivity index (χ1) is 5.68. The number of carbonyl (C=O) groups excluding carboxylic acids is 1. The van der Waals surface area contributed by atoms with Crippen LogP contribution in [0.4, 0.5) is 4.79 Å². The highest BCUT2D eigenvalue weighted by Gasteiger charge is 1.97. The fourth-order valence-corrected chi connectivity index (χ4v) is 1.11. The van der Waals surface area contributed by atoms with E-state index in [1.54, 1.807) is 0 Å². The largest absolute Gasteiger partial charge is 0.417 e. The van der Waals surface area contributed by atoms with Crippen LogP contribution in [-0.2, 0) is 4.18 Å². The van der Waals surface area contributed by atoms with Gasteiger partial charge < -0.3 is 9.92 Å². The van der Waals surface area contributed by atoms with Crippen LogP contribution < -0.4 is 5.73 Å². The summed E-state index contributed by atoms with van der Waals surface area (Å²) in [4.78, 5) is 11.1. The third-order valence-corrected chi connectivity index (χ3v) is 1.95. The highest BCUT2D eigenvalue weighted by Crippen LogP contribution is 2.18. The Morgan fingerprint density at radius 3 is 2.50 bits per heavy atom. The van der Waals surface area contributed by atoms with Crippen molar-refractivity contribution in [2.45, 2.75) is 11.8 Å². The highest BCUT2D eigenvalue weighted by atomic mass is 32.2. The zero-order chi connectivity index (χ0) is 8.97. The molecule has 64 valence electrons. The molecule has 0 aliphatic carbocycles. The minimum Gasteiger partial charge on any atom is -0.370 e. The van der Waals surface area contributed by atoms with Crippen molar-refractivity contribution in [3.05, 3.63) is 29.8 Å². The Labute approximate surface area is 75.1 Å². The quantitative estimate of drug-likeness (QED) is 0.714. The lowest BCUT2D eigenvalue weighted by molar-refractivity contribution is 0.218. The average molecular weight is 183 g/mol. The molecule has 1 aromatic carbocycles. The van der Waals surface area contributed by atoms with Gasteiger partial charge in [0.1, 0.15) is 0 Å². The van der Waals surface area contributed by atoms with Crippen molar-refractivity contribution in [3.8, 4) is 0 Å². The van der Waals surface area contributed by atoms with Gasteiger partial charge in [-0.25, -0.2) is 4.79 Å². The summed E-state index contributed by atoms with van der Waals surface area (Å²) in [6.45, 7) is 1.99. The number of rotatable bonds is 2. The van der Waals surface area contributed by atoms with Gasteiger partial charge in [0.25, 0.3) is 0 Å². The average Bonchev–Trinajstić information content (AvgIpc) is 2.03. The monoisotopic (exact) mass is 183 g/mol. The molecule has 0 heterocycles. The van der Waals surface area contributed by atoms with Crippen LogP contribution in [0.2, 0.25) is 0 Å². The number of benzene rings is 1. The van der Waals surface area contributed by atoms with Gasteiger partial charge in [-0.1, -0.05) is 17.7 Å². The highest BCUT2D eigenvalue weighted by molar-refractivity contribution is 7.95. The smallest absolute Gasteiger partial charge is 0.370 e. The van der Waals surface area contributed by atoms with Gasteiger partial charge in [-0.15, -0.1) is 0 Å². The molecule has 0 unspecified atom stereocenters. The second-order valence-electron chi connectivity index (χ2n) is 2.30. The summed E-state index contributed by atoms with van der Waals surface area (Å²) in [6, 6.07) is 7.60. The van der Waals surface area contributed by atoms with Crippen LogP contribution in [0.25, 0.3) is 0 Å². The summed E-state index contributed by atoms with van der Waals surface area (Å²) < 4.78 is 4.52. The minimum atomic E-state index is -0.777. The standard InChI is InChI=1S/C8H9NO2S/c1-6-2-4-7(5-3-6)12-11-8(9)10/h2-5H,1H3,(H2,9,10). The molecule has 4 heteroatoms. The number of hydrogen-bond donors (Lipinski definition) is 1. The third-order valence-electron chi connectivity index (χ3n) is 1.24. The van der Waals surface area contributed by atoms with Crippen molar-refractivity contribution < 1.29 is 8.98 Å². The Morgan fingerprint density at radius 1 is 1.42 bits per heavy atom. The van der Waals surface area contributed by atoms with E-state index in [9.17, 15) is 4.79 Å². The van der Waals surface area contributed by atoms with E-state index < -0.39 is 6.09 Å². The zero-order valence-corrected chi connectivity index (χ0v) is 7.43. The molecular weight excluding hydrogens is 174 g/mol. The van der Waals surface area contributed by atoms with E-state index in [-0.39, 0.29) is 0 Å². The summed E-state index contributed by atoms with van der Waals surface area (Å²) in [5.41, 5.74) is 5.95. The van der Waals surface area contributed by atoms with E-state index in [0.717, 1.165) is 16.9 Å². The first kappa shape index (κ1) is 8.93. The van der Waals surface area contributed by atoms with Crippen molar-refractivity contribution in [2.24, 2.45) is 5.73 Å². The van der Waals surface area contributed by atoms with Gasteiger partial charge in [0.05, 0.1) is 12.0 Å². The normalized spacial score (nSPS) is 9.42. The van der Waals surface area contributed by atoms with Crippen molar-refractivity contribution in [2.75, 3.05) is 0 Å². The van der Waals surface area contributed by atoms with Crippen molar-refractivity contribution >= 4 is 18.1 Å². The van der Waals surface area contributed by atoms with Crippen LogP contribution in [0.1, 0.15) is 5.56 Å². The Balaban J connectivity index is 2.53. The van der Waals surface area contributed by atoms with Gasteiger partial charge in [-0.05, 0) is 19.1 Å². The van der Waals surface area contributed by atoms with Crippen LogP contribution in [-0.4, -0.2) is 6.09 Å². The Bertz CT molecular complexity index is 271. The molecule has 0 fully saturated rings. The molecule has 3 nitrogen and oxygen atoms in total. The van der Waals surface area contributed by atoms with Crippen LogP contribution in [0.3, 0.4) is 0 Å². The van der Waals surface area contributed by atoms with E-state index in [4.69, 9.17) is 5.73 Å². The van der Waals surface area contributed by atoms with Gasteiger partial charge >= 0.3 is 6.09 Å². The zero-order valence-electron chi connectivity index (χ0n) is 6.61. The first-order valence-electron chi connectivity index (χ1n) is 3.39. The maximum atomic E-state index is 10.2. The van der Waals surface area contributed by atoms with Gasteiger partial charge in [0.15, 0.2) is 0 Å². The number of aryl methyl sites for hydroxylation is 1.